The van der Waals surface area contributed by atoms with Gasteiger partial charge in [-0.1, -0.05) is 48.5 Å². The molecule has 0 saturated carbocycles. The average Bonchev–Trinajstić information content (AvgIpc) is 3.53. The Morgan fingerprint density at radius 2 is 1.86 bits per heavy atom. The maximum atomic E-state index is 12.3. The number of aryl methyl sites for hydroxylation is 1. The molecule has 5 aromatic rings. The number of nitriles is 1. The summed E-state index contributed by atoms with van der Waals surface area (Å²) in [5.74, 6) is 1.25. The number of carbonyl (C=O) groups is 1. The van der Waals surface area contributed by atoms with Crippen molar-refractivity contribution in [2.75, 3.05) is 0 Å². The SMILES string of the molecule is Cc1ccc2nc(/C(C#N)=C\c3ccc(-c4ccc(C(=O)OCc5ccccc5)cc4)o3)[nH]c2c1. The molecule has 0 atom stereocenters. The highest BCUT2D eigenvalue weighted by atomic mass is 16.5. The van der Waals surface area contributed by atoms with Crippen molar-refractivity contribution >= 4 is 28.7 Å². The summed E-state index contributed by atoms with van der Waals surface area (Å²) in [5, 5.41) is 9.68. The molecular formula is C29H21N3O3. The number of aromatic nitrogens is 2. The van der Waals surface area contributed by atoms with Crippen molar-refractivity contribution in [3.8, 4) is 17.4 Å². The Hall–Kier alpha value is -4.89. The van der Waals surface area contributed by atoms with Crippen LogP contribution in [0.3, 0.4) is 0 Å². The minimum absolute atomic E-state index is 0.224. The van der Waals surface area contributed by atoms with Gasteiger partial charge in [0.2, 0.25) is 0 Å². The number of rotatable bonds is 6. The van der Waals surface area contributed by atoms with Crippen LogP contribution in [0.4, 0.5) is 0 Å². The average molecular weight is 460 g/mol. The second-order valence-corrected chi connectivity index (χ2v) is 8.12. The van der Waals surface area contributed by atoms with Gasteiger partial charge in [0, 0.05) is 11.6 Å². The molecule has 1 N–H and O–H groups in total. The summed E-state index contributed by atoms with van der Waals surface area (Å²) in [5.41, 5.74) is 5.36. The zero-order valence-electron chi connectivity index (χ0n) is 19.0. The molecule has 0 aliphatic carbocycles. The first-order chi connectivity index (χ1) is 17.1. The molecule has 6 nitrogen and oxygen atoms in total. The number of allylic oxidation sites excluding steroid dienone is 1. The first-order valence-electron chi connectivity index (χ1n) is 11.1. The number of nitrogens with zero attached hydrogens (tertiary/aromatic N) is 2. The number of hydrogen-bond acceptors (Lipinski definition) is 5. The number of aromatic amines is 1. The van der Waals surface area contributed by atoms with E-state index in [0.29, 0.717) is 28.5 Å². The predicted octanol–water partition coefficient (Wildman–Crippen LogP) is 6.55. The molecule has 0 radical (unpaired) electrons. The van der Waals surface area contributed by atoms with Crippen LogP contribution >= 0.6 is 0 Å². The first-order valence-corrected chi connectivity index (χ1v) is 11.1. The van der Waals surface area contributed by atoms with Gasteiger partial charge >= 0.3 is 5.97 Å². The molecule has 2 aromatic heterocycles. The van der Waals surface area contributed by atoms with Gasteiger partial charge in [-0.25, -0.2) is 9.78 Å². The Kier molecular flexibility index (Phi) is 5.98. The largest absolute Gasteiger partial charge is 0.457 e. The Morgan fingerprint density at radius 3 is 2.63 bits per heavy atom. The molecule has 3 aromatic carbocycles. The number of nitrogens with one attached hydrogen (secondary N) is 1. The molecule has 6 heteroatoms. The maximum Gasteiger partial charge on any atom is 0.338 e. The number of fused-ring (bicyclic) bond motifs is 1. The summed E-state index contributed by atoms with van der Waals surface area (Å²) in [7, 11) is 0. The molecule has 0 unspecified atom stereocenters. The second-order valence-electron chi connectivity index (χ2n) is 8.12. The second kappa shape index (κ2) is 9.54. The van der Waals surface area contributed by atoms with Crippen molar-refractivity contribution in [3.63, 3.8) is 0 Å². The fraction of sp³-hybridized carbons (Fsp3) is 0.0690. The van der Waals surface area contributed by atoms with Crippen LogP contribution in [0.2, 0.25) is 0 Å². The number of carbonyl (C=O) groups excluding carboxylic acids is 1. The molecule has 0 aliphatic heterocycles. The van der Waals surface area contributed by atoms with Crippen molar-refractivity contribution in [2.45, 2.75) is 13.5 Å². The van der Waals surface area contributed by atoms with Crippen LogP contribution in [-0.2, 0) is 11.3 Å². The molecule has 0 amide bonds. The molecule has 5 rings (SSSR count). The summed E-state index contributed by atoms with van der Waals surface area (Å²) in [6, 6.07) is 28.3. The summed E-state index contributed by atoms with van der Waals surface area (Å²) in [4.78, 5) is 20.1. The zero-order chi connectivity index (χ0) is 24.2. The third-order valence-corrected chi connectivity index (χ3v) is 5.54. The molecule has 0 bridgehead atoms. The lowest BCUT2D eigenvalue weighted by Gasteiger charge is -2.05. The van der Waals surface area contributed by atoms with E-state index in [9.17, 15) is 10.1 Å². The molecular weight excluding hydrogens is 438 g/mol. The van der Waals surface area contributed by atoms with Gasteiger partial charge in [0.15, 0.2) is 0 Å². The molecule has 0 fully saturated rings. The van der Waals surface area contributed by atoms with Gasteiger partial charge in [0.1, 0.15) is 30.0 Å². The van der Waals surface area contributed by atoms with Crippen LogP contribution < -0.4 is 0 Å². The number of esters is 1. The normalized spacial score (nSPS) is 11.4. The smallest absolute Gasteiger partial charge is 0.338 e. The van der Waals surface area contributed by atoms with Gasteiger partial charge in [0.05, 0.1) is 22.2 Å². The highest BCUT2D eigenvalue weighted by molar-refractivity contribution is 5.91. The van der Waals surface area contributed by atoms with Crippen molar-refractivity contribution in [1.29, 1.82) is 5.26 Å². The number of hydrogen-bond donors (Lipinski definition) is 1. The van der Waals surface area contributed by atoms with E-state index >= 15 is 0 Å². The van der Waals surface area contributed by atoms with Crippen LogP contribution in [0.1, 0.15) is 33.1 Å². The summed E-state index contributed by atoms with van der Waals surface area (Å²) >= 11 is 0. The van der Waals surface area contributed by atoms with E-state index in [4.69, 9.17) is 9.15 Å². The molecule has 0 spiro atoms. The highest BCUT2D eigenvalue weighted by Crippen LogP contribution is 2.26. The molecule has 170 valence electrons. The number of imidazole rings is 1. The van der Waals surface area contributed by atoms with Gasteiger partial charge in [-0.2, -0.15) is 5.26 Å². The fourth-order valence-electron chi connectivity index (χ4n) is 3.71. The summed E-state index contributed by atoms with van der Waals surface area (Å²) < 4.78 is 11.3. The van der Waals surface area contributed by atoms with Gasteiger partial charge in [-0.3, -0.25) is 0 Å². The third kappa shape index (κ3) is 4.90. The van der Waals surface area contributed by atoms with Crippen molar-refractivity contribution in [2.24, 2.45) is 0 Å². The summed E-state index contributed by atoms with van der Waals surface area (Å²) in [6.07, 6.45) is 1.66. The van der Waals surface area contributed by atoms with E-state index in [-0.39, 0.29) is 12.6 Å². The molecule has 0 aliphatic rings. The van der Waals surface area contributed by atoms with Crippen molar-refractivity contribution in [1.82, 2.24) is 9.97 Å². The van der Waals surface area contributed by atoms with Gasteiger partial charge in [-0.15, -0.1) is 0 Å². The quantitative estimate of drug-likeness (QED) is 0.230. The van der Waals surface area contributed by atoms with Crippen LogP contribution in [-0.4, -0.2) is 15.9 Å². The lowest BCUT2D eigenvalue weighted by Crippen LogP contribution is -2.04. The Morgan fingerprint density at radius 1 is 1.06 bits per heavy atom. The summed E-state index contributed by atoms with van der Waals surface area (Å²) in [6.45, 7) is 2.23. The Balaban J connectivity index is 1.30. The molecule has 2 heterocycles. The molecule has 35 heavy (non-hydrogen) atoms. The van der Waals surface area contributed by atoms with Gasteiger partial charge < -0.3 is 14.1 Å². The lowest BCUT2D eigenvalue weighted by atomic mass is 10.1. The Bertz CT molecular complexity index is 1570. The van der Waals surface area contributed by atoms with E-state index in [1.165, 1.54) is 0 Å². The first kappa shape index (κ1) is 21.9. The maximum absolute atomic E-state index is 12.3. The third-order valence-electron chi connectivity index (χ3n) is 5.54. The van der Waals surface area contributed by atoms with Gasteiger partial charge in [-0.05, 0) is 54.4 Å². The van der Waals surface area contributed by atoms with Crippen molar-refractivity contribution in [3.05, 3.63) is 113 Å². The minimum atomic E-state index is -0.386. The van der Waals surface area contributed by atoms with E-state index in [1.807, 2.05) is 61.5 Å². The molecule has 0 saturated heterocycles. The number of ether oxygens (including phenoxy) is 1. The standard InChI is InChI=1S/C29H21N3O3/c1-19-7-13-25-26(15-19)32-28(31-25)23(17-30)16-24-12-14-27(35-24)21-8-10-22(11-9-21)29(33)34-18-20-5-3-2-4-6-20/h2-16H,18H2,1H3,(H,31,32)/b23-16-. The zero-order valence-corrected chi connectivity index (χ0v) is 19.0. The van der Waals surface area contributed by atoms with Crippen molar-refractivity contribution < 1.29 is 13.9 Å². The highest BCUT2D eigenvalue weighted by Gasteiger charge is 2.12. The van der Waals surface area contributed by atoms with Crippen LogP contribution in [0.25, 0.3) is 34.0 Å². The minimum Gasteiger partial charge on any atom is -0.457 e. The fourth-order valence-corrected chi connectivity index (χ4v) is 3.71. The number of furan rings is 1. The van der Waals surface area contributed by atoms with E-state index < -0.39 is 0 Å². The number of benzene rings is 3. The van der Waals surface area contributed by atoms with Crippen LogP contribution in [0.5, 0.6) is 0 Å². The van der Waals surface area contributed by atoms with Crippen LogP contribution in [0.15, 0.2) is 89.3 Å². The van der Waals surface area contributed by atoms with Gasteiger partial charge in [0.25, 0.3) is 0 Å². The lowest BCUT2D eigenvalue weighted by molar-refractivity contribution is 0.0472. The van der Waals surface area contributed by atoms with Crippen LogP contribution in [0, 0.1) is 18.3 Å². The monoisotopic (exact) mass is 459 g/mol. The van der Waals surface area contributed by atoms with E-state index in [1.54, 1.807) is 36.4 Å². The van der Waals surface area contributed by atoms with E-state index in [2.05, 4.69) is 16.0 Å². The predicted molar refractivity (Wildman–Crippen MR) is 134 cm³/mol. The topological polar surface area (TPSA) is 91.9 Å². The Labute approximate surface area is 202 Å². The van der Waals surface area contributed by atoms with E-state index in [0.717, 1.165) is 27.7 Å². The number of H-pyrrole nitrogens is 1.